The van der Waals surface area contributed by atoms with Crippen molar-refractivity contribution < 1.29 is 9.47 Å². The molecule has 2 nitrogen and oxygen atoms in total. The predicted octanol–water partition coefficient (Wildman–Crippen LogP) is 3.69. The van der Waals surface area contributed by atoms with Crippen LogP contribution in [0.1, 0.15) is 39.5 Å². The van der Waals surface area contributed by atoms with Crippen LogP contribution in [0.5, 0.6) is 0 Å². The van der Waals surface area contributed by atoms with Crippen LogP contribution in [0, 0.1) is 0 Å². The summed E-state index contributed by atoms with van der Waals surface area (Å²) >= 11 is 0. The van der Waals surface area contributed by atoms with Crippen LogP contribution < -0.4 is 0 Å². The number of methoxy groups -OCH3 is 2. The average Bonchev–Trinajstić information content (AvgIpc) is 2.18. The molecule has 0 saturated carbocycles. The summed E-state index contributed by atoms with van der Waals surface area (Å²) in [5, 5.41) is 0. The van der Waals surface area contributed by atoms with E-state index in [-0.39, 0.29) is 6.29 Å². The van der Waals surface area contributed by atoms with Crippen LogP contribution in [0.3, 0.4) is 0 Å². The molecule has 88 valence electrons. The summed E-state index contributed by atoms with van der Waals surface area (Å²) < 4.78 is 10.3. The van der Waals surface area contributed by atoms with Crippen molar-refractivity contribution in [3.63, 3.8) is 0 Å². The molecule has 0 bridgehead atoms. The second-order valence-corrected chi connectivity index (χ2v) is 3.99. The van der Waals surface area contributed by atoms with E-state index < -0.39 is 0 Å². The van der Waals surface area contributed by atoms with Crippen LogP contribution in [0.2, 0.25) is 0 Å². The van der Waals surface area contributed by atoms with E-state index in [9.17, 15) is 0 Å². The van der Waals surface area contributed by atoms with Gasteiger partial charge < -0.3 is 9.47 Å². The Bertz CT molecular complexity index is 203. The van der Waals surface area contributed by atoms with Crippen LogP contribution in [0.4, 0.5) is 0 Å². The van der Waals surface area contributed by atoms with Crippen LogP contribution >= 0.6 is 0 Å². The maximum atomic E-state index is 5.13. The van der Waals surface area contributed by atoms with Crippen molar-refractivity contribution in [2.45, 2.75) is 45.8 Å². The van der Waals surface area contributed by atoms with Gasteiger partial charge in [0, 0.05) is 20.6 Å². The number of allylic oxidation sites excluding steroid dienone is 3. The van der Waals surface area contributed by atoms with E-state index in [4.69, 9.17) is 9.47 Å². The SMILES string of the molecule is C=C(C)CC/C=C(/C)CCC(OC)OC. The molecular weight excluding hydrogens is 188 g/mol. The molecule has 0 aromatic heterocycles. The zero-order chi connectivity index (χ0) is 11.7. The van der Waals surface area contributed by atoms with Gasteiger partial charge in [-0.1, -0.05) is 17.2 Å². The summed E-state index contributed by atoms with van der Waals surface area (Å²) in [5.74, 6) is 0. The molecule has 0 aromatic rings. The highest BCUT2D eigenvalue weighted by Gasteiger charge is 2.04. The number of rotatable bonds is 8. The normalized spacial score (nSPS) is 12.2. The lowest BCUT2D eigenvalue weighted by Crippen LogP contribution is -2.12. The fourth-order valence-electron chi connectivity index (χ4n) is 1.34. The van der Waals surface area contributed by atoms with E-state index in [1.165, 1.54) is 11.1 Å². The maximum Gasteiger partial charge on any atom is 0.157 e. The highest BCUT2D eigenvalue weighted by molar-refractivity contribution is 5.00. The Kier molecular flexibility index (Phi) is 8.34. The summed E-state index contributed by atoms with van der Waals surface area (Å²) in [7, 11) is 3.35. The Morgan fingerprint density at radius 1 is 1.20 bits per heavy atom. The summed E-state index contributed by atoms with van der Waals surface area (Å²) in [4.78, 5) is 0. The number of hydrogen-bond acceptors (Lipinski definition) is 2. The zero-order valence-corrected chi connectivity index (χ0v) is 10.5. The second kappa shape index (κ2) is 8.69. The van der Waals surface area contributed by atoms with Gasteiger partial charge in [0.2, 0.25) is 0 Å². The van der Waals surface area contributed by atoms with E-state index in [1.807, 2.05) is 0 Å². The molecule has 2 heteroatoms. The molecular formula is C13H24O2. The highest BCUT2D eigenvalue weighted by atomic mass is 16.7. The van der Waals surface area contributed by atoms with Crippen LogP contribution in [-0.2, 0) is 9.47 Å². The molecule has 0 atom stereocenters. The lowest BCUT2D eigenvalue weighted by atomic mass is 10.1. The third-order valence-electron chi connectivity index (χ3n) is 2.36. The molecule has 0 unspecified atom stereocenters. The minimum absolute atomic E-state index is 0.0745. The first kappa shape index (κ1) is 14.4. The van der Waals surface area contributed by atoms with Crippen molar-refractivity contribution >= 4 is 0 Å². The van der Waals surface area contributed by atoms with Gasteiger partial charge in [-0.2, -0.15) is 0 Å². The van der Waals surface area contributed by atoms with Gasteiger partial charge in [-0.3, -0.25) is 0 Å². The van der Waals surface area contributed by atoms with E-state index in [2.05, 4.69) is 26.5 Å². The molecule has 0 aliphatic heterocycles. The average molecular weight is 212 g/mol. The fourth-order valence-corrected chi connectivity index (χ4v) is 1.34. The van der Waals surface area contributed by atoms with Crippen molar-refractivity contribution in [1.82, 2.24) is 0 Å². The first-order valence-corrected chi connectivity index (χ1v) is 5.45. The monoisotopic (exact) mass is 212 g/mol. The molecule has 0 radical (unpaired) electrons. The van der Waals surface area contributed by atoms with E-state index in [0.29, 0.717) is 0 Å². The molecule has 0 rings (SSSR count). The lowest BCUT2D eigenvalue weighted by Gasteiger charge is -2.12. The molecule has 0 N–H and O–H groups in total. The van der Waals surface area contributed by atoms with Crippen molar-refractivity contribution in [3.05, 3.63) is 23.8 Å². The van der Waals surface area contributed by atoms with E-state index in [0.717, 1.165) is 25.7 Å². The summed E-state index contributed by atoms with van der Waals surface area (Å²) in [5.41, 5.74) is 2.64. The molecule has 0 aliphatic rings. The summed E-state index contributed by atoms with van der Waals surface area (Å²) in [6, 6.07) is 0. The van der Waals surface area contributed by atoms with Crippen molar-refractivity contribution in [2.75, 3.05) is 14.2 Å². The Labute approximate surface area is 94.0 Å². The van der Waals surface area contributed by atoms with Crippen molar-refractivity contribution in [2.24, 2.45) is 0 Å². The van der Waals surface area contributed by atoms with Gasteiger partial charge in [0.05, 0.1) is 0 Å². The molecule has 0 amide bonds. The minimum atomic E-state index is -0.0745. The molecule has 0 spiro atoms. The second-order valence-electron chi connectivity index (χ2n) is 3.99. The topological polar surface area (TPSA) is 18.5 Å². The summed E-state index contributed by atoms with van der Waals surface area (Å²) in [6.45, 7) is 8.10. The third-order valence-corrected chi connectivity index (χ3v) is 2.36. The van der Waals surface area contributed by atoms with Gasteiger partial charge in [0.1, 0.15) is 0 Å². The zero-order valence-electron chi connectivity index (χ0n) is 10.5. The molecule has 0 heterocycles. The highest BCUT2D eigenvalue weighted by Crippen LogP contribution is 2.12. The van der Waals surface area contributed by atoms with Gasteiger partial charge in [-0.05, 0) is 33.1 Å². The first-order chi connectivity index (χ1) is 7.10. The third kappa shape index (κ3) is 8.40. The Morgan fingerprint density at radius 3 is 2.27 bits per heavy atom. The fraction of sp³-hybridized carbons (Fsp3) is 0.692. The maximum absolute atomic E-state index is 5.13. The largest absolute Gasteiger partial charge is 0.356 e. The Balaban J connectivity index is 3.71. The smallest absolute Gasteiger partial charge is 0.157 e. The number of ether oxygens (including phenoxy) is 2. The van der Waals surface area contributed by atoms with Gasteiger partial charge in [0.25, 0.3) is 0 Å². The molecule has 0 aromatic carbocycles. The van der Waals surface area contributed by atoms with E-state index in [1.54, 1.807) is 14.2 Å². The standard InChI is InChI=1S/C13H24O2/c1-11(2)7-6-8-12(3)9-10-13(14-4)15-5/h8,13H,1,6-7,9-10H2,2-5H3/b12-8-. The van der Waals surface area contributed by atoms with Crippen LogP contribution in [0.25, 0.3) is 0 Å². The lowest BCUT2D eigenvalue weighted by molar-refractivity contribution is -0.105. The van der Waals surface area contributed by atoms with Gasteiger partial charge in [-0.25, -0.2) is 0 Å². The molecule has 15 heavy (non-hydrogen) atoms. The quantitative estimate of drug-likeness (QED) is 0.451. The molecule has 0 fully saturated rings. The first-order valence-electron chi connectivity index (χ1n) is 5.45. The minimum Gasteiger partial charge on any atom is -0.356 e. The Morgan fingerprint density at radius 2 is 1.80 bits per heavy atom. The van der Waals surface area contributed by atoms with Crippen molar-refractivity contribution in [3.8, 4) is 0 Å². The predicted molar refractivity (Wildman–Crippen MR) is 64.8 cm³/mol. The van der Waals surface area contributed by atoms with Gasteiger partial charge in [-0.15, -0.1) is 6.58 Å². The van der Waals surface area contributed by atoms with Gasteiger partial charge in [0.15, 0.2) is 6.29 Å². The Hall–Kier alpha value is -0.600. The van der Waals surface area contributed by atoms with Crippen LogP contribution in [0.15, 0.2) is 23.8 Å². The van der Waals surface area contributed by atoms with Crippen molar-refractivity contribution in [1.29, 1.82) is 0 Å². The van der Waals surface area contributed by atoms with Crippen LogP contribution in [-0.4, -0.2) is 20.5 Å². The van der Waals surface area contributed by atoms with Gasteiger partial charge >= 0.3 is 0 Å². The number of hydrogen-bond donors (Lipinski definition) is 0. The summed E-state index contributed by atoms with van der Waals surface area (Å²) in [6.07, 6.45) is 6.32. The molecule has 0 aliphatic carbocycles. The molecule has 0 saturated heterocycles. The van der Waals surface area contributed by atoms with E-state index >= 15 is 0 Å².